The maximum atomic E-state index is 13.7. The molecule has 1 saturated heterocycles. The largest absolute Gasteiger partial charge is 0.345 e. The zero-order valence-corrected chi connectivity index (χ0v) is 24.5. The highest BCUT2D eigenvalue weighted by atomic mass is 32.2. The fourth-order valence-electron chi connectivity index (χ4n) is 4.74. The van der Waals surface area contributed by atoms with Gasteiger partial charge in [-0.1, -0.05) is 12.1 Å². The Hall–Kier alpha value is -3.61. The number of rotatable bonds is 8. The van der Waals surface area contributed by atoms with Crippen LogP contribution in [0.4, 0.5) is 11.6 Å². The molecule has 10 nitrogen and oxygen atoms in total. The van der Waals surface area contributed by atoms with Gasteiger partial charge in [-0.3, -0.25) is 14.2 Å². The van der Waals surface area contributed by atoms with Gasteiger partial charge in [-0.05, 0) is 67.9 Å². The van der Waals surface area contributed by atoms with Crippen LogP contribution < -0.4 is 16.2 Å². The molecule has 1 aliphatic heterocycles. The molecule has 1 unspecified atom stereocenters. The molecule has 0 aliphatic carbocycles. The maximum absolute atomic E-state index is 13.7. The molecule has 12 heteroatoms. The van der Waals surface area contributed by atoms with Crippen molar-refractivity contribution >= 4 is 49.8 Å². The zero-order valence-electron chi connectivity index (χ0n) is 22.8. The lowest BCUT2D eigenvalue weighted by atomic mass is 9.98. The predicted molar refractivity (Wildman–Crippen MR) is 158 cm³/mol. The third-order valence-corrected chi connectivity index (χ3v) is 10.8. The van der Waals surface area contributed by atoms with Gasteiger partial charge in [0.05, 0.1) is 11.8 Å². The summed E-state index contributed by atoms with van der Waals surface area (Å²) < 4.78 is 27.6. The summed E-state index contributed by atoms with van der Waals surface area (Å²) in [6.45, 7) is 5.18. The van der Waals surface area contributed by atoms with E-state index in [9.17, 15) is 18.0 Å². The quantitative estimate of drug-likeness (QED) is 0.324. The number of amides is 1. The van der Waals surface area contributed by atoms with Crippen molar-refractivity contribution in [1.82, 2.24) is 24.8 Å². The maximum Gasteiger partial charge on any atom is 0.265 e. The van der Waals surface area contributed by atoms with Crippen molar-refractivity contribution in [3.63, 3.8) is 0 Å². The molecular formula is C28H32N6O4S2. The normalized spacial score (nSPS) is 15.6. The third-order valence-electron chi connectivity index (χ3n) is 7.08. The van der Waals surface area contributed by atoms with Crippen molar-refractivity contribution in [2.24, 2.45) is 0 Å². The fourth-order valence-corrected chi connectivity index (χ4v) is 7.59. The van der Waals surface area contributed by atoms with E-state index in [1.165, 1.54) is 21.1 Å². The molecule has 4 heterocycles. The molecule has 0 radical (unpaired) electrons. The average molecular weight is 581 g/mol. The van der Waals surface area contributed by atoms with E-state index in [1.807, 2.05) is 12.1 Å². The van der Waals surface area contributed by atoms with Crippen LogP contribution in [-0.2, 0) is 16.4 Å². The second-order valence-electron chi connectivity index (χ2n) is 10.4. The molecule has 3 aromatic heterocycles. The monoisotopic (exact) mass is 580 g/mol. The third kappa shape index (κ3) is 5.38. The molecule has 40 heavy (non-hydrogen) atoms. The van der Waals surface area contributed by atoms with Crippen molar-refractivity contribution in [2.45, 2.75) is 42.2 Å². The van der Waals surface area contributed by atoms with Crippen LogP contribution in [0.5, 0.6) is 0 Å². The van der Waals surface area contributed by atoms with Gasteiger partial charge in [0.25, 0.3) is 11.5 Å². The second-order valence-corrected chi connectivity index (χ2v) is 14.0. The van der Waals surface area contributed by atoms with Gasteiger partial charge < -0.3 is 15.5 Å². The first-order valence-corrected chi connectivity index (χ1v) is 15.5. The number of hydrogen-bond acceptors (Lipinski definition) is 9. The first-order valence-electron chi connectivity index (χ1n) is 13.1. The first-order chi connectivity index (χ1) is 19.1. The van der Waals surface area contributed by atoms with Crippen molar-refractivity contribution < 1.29 is 13.2 Å². The number of nitrogens with zero attached hydrogens (tertiary/aromatic N) is 4. The molecule has 2 N–H and O–H groups in total. The topological polar surface area (TPSA) is 126 Å². The number of carbonyl (C=O) groups is 1. The van der Waals surface area contributed by atoms with E-state index >= 15 is 0 Å². The number of aromatic nitrogens is 3. The number of anilines is 2. The van der Waals surface area contributed by atoms with E-state index in [0.29, 0.717) is 22.5 Å². The number of nitrogens with one attached hydrogen (secondary N) is 2. The lowest BCUT2D eigenvalue weighted by Gasteiger charge is -2.16. The minimum atomic E-state index is -3.57. The molecule has 1 fully saturated rings. The number of pyridine rings is 1. The molecule has 0 bridgehead atoms. The molecule has 1 aliphatic rings. The summed E-state index contributed by atoms with van der Waals surface area (Å²) in [5, 5.41) is 8.15. The molecule has 5 rings (SSSR count). The lowest BCUT2D eigenvalue weighted by molar-refractivity contribution is 0.0825. The highest BCUT2D eigenvalue weighted by molar-refractivity contribution is 7.94. The van der Waals surface area contributed by atoms with Crippen LogP contribution in [0.25, 0.3) is 11.0 Å². The highest BCUT2D eigenvalue weighted by Gasteiger charge is 2.26. The van der Waals surface area contributed by atoms with Gasteiger partial charge >= 0.3 is 0 Å². The summed E-state index contributed by atoms with van der Waals surface area (Å²) in [5.41, 5.74) is 2.24. The van der Waals surface area contributed by atoms with Crippen LogP contribution in [0.15, 0.2) is 57.0 Å². The van der Waals surface area contributed by atoms with Gasteiger partial charge in [-0.25, -0.2) is 13.4 Å². The highest BCUT2D eigenvalue weighted by Crippen LogP contribution is 2.28. The van der Waals surface area contributed by atoms with Crippen LogP contribution in [0.2, 0.25) is 0 Å². The molecule has 0 spiro atoms. The number of benzene rings is 1. The van der Waals surface area contributed by atoms with Crippen LogP contribution in [0.1, 0.15) is 47.7 Å². The Balaban J connectivity index is 1.57. The van der Waals surface area contributed by atoms with Gasteiger partial charge in [-0.15, -0.1) is 11.3 Å². The Kier molecular flexibility index (Phi) is 7.76. The van der Waals surface area contributed by atoms with E-state index < -0.39 is 26.6 Å². The summed E-state index contributed by atoms with van der Waals surface area (Å²) in [6, 6.07) is 11.3. The molecule has 1 atom stereocenters. The van der Waals surface area contributed by atoms with Crippen LogP contribution in [0, 0.1) is 0 Å². The molecule has 4 aromatic rings. The zero-order chi connectivity index (χ0) is 28.6. The molecule has 1 aromatic carbocycles. The molecule has 1 amide bonds. The summed E-state index contributed by atoms with van der Waals surface area (Å²) >= 11 is 1.12. The summed E-state index contributed by atoms with van der Waals surface area (Å²) in [6.07, 6.45) is 2.67. The number of hydrogen-bond donors (Lipinski definition) is 2. The fraction of sp³-hybridized carbons (Fsp3) is 0.357. The SMILES string of the molecule is CC(C)S(=O)(=O)c1sccc1Cn1c(=O)c(C(=O)N(C)C)cc2cnc(Nc3ccc(C4CCNC4)cc3)nc21. The van der Waals surface area contributed by atoms with Gasteiger partial charge in [0.2, 0.25) is 5.95 Å². The Morgan fingerprint density at radius 1 is 1.23 bits per heavy atom. The van der Waals surface area contributed by atoms with E-state index in [0.717, 1.165) is 36.5 Å². The van der Waals surface area contributed by atoms with E-state index in [-0.39, 0.29) is 22.3 Å². The molecule has 210 valence electrons. The van der Waals surface area contributed by atoms with Crippen molar-refractivity contribution in [1.29, 1.82) is 0 Å². The summed E-state index contributed by atoms with van der Waals surface area (Å²) in [7, 11) is -0.430. The van der Waals surface area contributed by atoms with Gasteiger partial charge in [0, 0.05) is 43.5 Å². The Morgan fingerprint density at radius 3 is 2.62 bits per heavy atom. The second kappa shape index (κ2) is 11.1. The van der Waals surface area contributed by atoms with Crippen LogP contribution in [-0.4, -0.2) is 66.2 Å². The Morgan fingerprint density at radius 2 is 1.98 bits per heavy atom. The van der Waals surface area contributed by atoms with Gasteiger partial charge in [0.15, 0.2) is 9.84 Å². The lowest BCUT2D eigenvalue weighted by Crippen LogP contribution is -2.33. The Labute approximate surface area is 237 Å². The number of sulfone groups is 1. The molecular weight excluding hydrogens is 548 g/mol. The minimum absolute atomic E-state index is 0.0395. The Bertz CT molecular complexity index is 1720. The molecule has 0 saturated carbocycles. The van der Waals surface area contributed by atoms with Gasteiger partial charge in [-0.2, -0.15) is 4.98 Å². The summed E-state index contributed by atoms with van der Waals surface area (Å²) in [4.78, 5) is 36.9. The number of fused-ring (bicyclic) bond motifs is 1. The first kappa shape index (κ1) is 27.9. The van der Waals surface area contributed by atoms with E-state index in [2.05, 4.69) is 32.7 Å². The number of thiophene rings is 1. The predicted octanol–water partition coefficient (Wildman–Crippen LogP) is 3.61. The van der Waals surface area contributed by atoms with Crippen molar-refractivity contribution in [3.8, 4) is 0 Å². The van der Waals surface area contributed by atoms with E-state index in [4.69, 9.17) is 0 Å². The number of carbonyl (C=O) groups excluding carboxylic acids is 1. The van der Waals surface area contributed by atoms with Gasteiger partial charge in [0.1, 0.15) is 15.4 Å². The van der Waals surface area contributed by atoms with Crippen LogP contribution >= 0.6 is 11.3 Å². The average Bonchev–Trinajstić information content (AvgIpc) is 3.63. The standard InChI is InChI=1S/C28H32N6O4S2/c1-17(2)40(37,38)27-20(10-12-39-27)16-34-24-21(13-23(26(34)36)25(35)33(3)4)15-30-28(32-24)31-22-7-5-18(6-8-22)19-9-11-29-14-19/h5-8,10,12-13,15,17,19,29H,9,11,14,16H2,1-4H3,(H,30,31,32). The minimum Gasteiger partial charge on any atom is -0.345 e. The van der Waals surface area contributed by atoms with E-state index in [1.54, 1.807) is 45.6 Å². The summed E-state index contributed by atoms with van der Waals surface area (Å²) in [5.74, 6) is 0.324. The smallest absolute Gasteiger partial charge is 0.265 e. The van der Waals surface area contributed by atoms with Crippen molar-refractivity contribution in [3.05, 3.63) is 75.0 Å². The van der Waals surface area contributed by atoms with Crippen LogP contribution in [0.3, 0.4) is 0 Å². The van der Waals surface area contributed by atoms with Crippen molar-refractivity contribution in [2.75, 3.05) is 32.5 Å².